The highest BCUT2D eigenvalue weighted by molar-refractivity contribution is 4.86. The van der Waals surface area contributed by atoms with Crippen LogP contribution in [0.15, 0.2) is 0 Å². The molecule has 1 saturated carbocycles. The third kappa shape index (κ3) is 0.576. The smallest absolute Gasteiger partial charge is 0.0866 e. The molecule has 8 heavy (non-hydrogen) atoms. The fraction of sp³-hybridized carbons (Fsp3) is 0.857. The fourth-order valence-corrected chi connectivity index (χ4v) is 1.32. The zero-order valence-corrected chi connectivity index (χ0v) is 4.97. The molecule has 0 N–H and O–H groups in total. The van der Waals surface area contributed by atoms with Crippen LogP contribution in [0.25, 0.3) is 0 Å². The Labute approximate surface area is 50.0 Å². The van der Waals surface area contributed by atoms with Crippen molar-refractivity contribution in [2.24, 2.45) is 5.92 Å². The SMILES string of the molecule is [CH]1CC(C2CCC2)O1. The molecule has 2 aliphatic rings. The van der Waals surface area contributed by atoms with E-state index < -0.39 is 0 Å². The second-order valence-corrected chi connectivity index (χ2v) is 2.77. The van der Waals surface area contributed by atoms with Gasteiger partial charge in [-0.1, -0.05) is 6.42 Å². The molecule has 0 aromatic rings. The van der Waals surface area contributed by atoms with Crippen LogP contribution < -0.4 is 0 Å². The first kappa shape index (κ1) is 4.80. The van der Waals surface area contributed by atoms with Crippen LogP contribution in [0, 0.1) is 12.5 Å². The van der Waals surface area contributed by atoms with E-state index >= 15 is 0 Å². The van der Waals surface area contributed by atoms with E-state index in [-0.39, 0.29) is 0 Å². The molecule has 1 saturated heterocycles. The van der Waals surface area contributed by atoms with E-state index in [1.54, 1.807) is 0 Å². The minimum atomic E-state index is 0.628. The van der Waals surface area contributed by atoms with Crippen LogP contribution in [-0.4, -0.2) is 6.10 Å². The maximum absolute atomic E-state index is 5.21. The summed E-state index contributed by atoms with van der Waals surface area (Å²) < 4.78 is 5.21. The minimum absolute atomic E-state index is 0.628. The molecule has 1 unspecified atom stereocenters. The van der Waals surface area contributed by atoms with Crippen molar-refractivity contribution in [3.05, 3.63) is 6.61 Å². The average molecular weight is 111 g/mol. The van der Waals surface area contributed by atoms with Crippen molar-refractivity contribution in [2.45, 2.75) is 31.8 Å². The summed E-state index contributed by atoms with van der Waals surface area (Å²) in [5.41, 5.74) is 0. The molecular weight excluding hydrogens is 100 g/mol. The van der Waals surface area contributed by atoms with Crippen molar-refractivity contribution < 1.29 is 4.74 Å². The molecule has 45 valence electrons. The number of hydrogen-bond donors (Lipinski definition) is 0. The first-order valence-corrected chi connectivity index (χ1v) is 3.44. The van der Waals surface area contributed by atoms with Gasteiger partial charge in [0.2, 0.25) is 0 Å². The highest BCUT2D eigenvalue weighted by Gasteiger charge is 2.32. The summed E-state index contributed by atoms with van der Waals surface area (Å²) in [6.45, 7) is 1.92. The second-order valence-electron chi connectivity index (χ2n) is 2.77. The zero-order chi connectivity index (χ0) is 5.40. The van der Waals surface area contributed by atoms with Gasteiger partial charge in [0.05, 0.1) is 12.7 Å². The molecule has 1 nitrogen and oxygen atoms in total. The van der Waals surface area contributed by atoms with E-state index in [0.29, 0.717) is 6.10 Å². The number of rotatable bonds is 1. The molecule has 1 aliphatic carbocycles. The van der Waals surface area contributed by atoms with E-state index in [1.165, 1.54) is 25.7 Å². The van der Waals surface area contributed by atoms with Gasteiger partial charge in [-0.3, -0.25) is 0 Å². The van der Waals surface area contributed by atoms with Gasteiger partial charge < -0.3 is 4.74 Å². The first-order chi connectivity index (χ1) is 3.97. The van der Waals surface area contributed by atoms with Crippen LogP contribution in [0.4, 0.5) is 0 Å². The molecule has 1 heterocycles. The Hall–Kier alpha value is -0.0400. The van der Waals surface area contributed by atoms with E-state index in [4.69, 9.17) is 4.74 Å². The predicted octanol–water partition coefficient (Wildman–Crippen LogP) is 1.74. The highest BCUT2D eigenvalue weighted by Crippen LogP contribution is 2.37. The Bertz CT molecular complexity index is 70.4. The largest absolute Gasteiger partial charge is 0.372 e. The Morgan fingerprint density at radius 1 is 1.38 bits per heavy atom. The van der Waals surface area contributed by atoms with Crippen molar-refractivity contribution >= 4 is 0 Å². The Kier molecular flexibility index (Phi) is 1.04. The van der Waals surface area contributed by atoms with E-state index in [2.05, 4.69) is 0 Å². The van der Waals surface area contributed by atoms with Gasteiger partial charge in [0, 0.05) is 6.42 Å². The molecule has 1 heteroatoms. The predicted molar refractivity (Wildman–Crippen MR) is 31.1 cm³/mol. The molecule has 1 atom stereocenters. The molecule has 0 aromatic carbocycles. The van der Waals surface area contributed by atoms with Crippen LogP contribution >= 0.6 is 0 Å². The normalized spacial score (nSPS) is 38.2. The maximum Gasteiger partial charge on any atom is 0.0866 e. The van der Waals surface area contributed by atoms with Crippen LogP contribution in [-0.2, 0) is 4.74 Å². The highest BCUT2D eigenvalue weighted by atomic mass is 16.5. The summed E-state index contributed by atoms with van der Waals surface area (Å²) in [6, 6.07) is 0. The summed E-state index contributed by atoms with van der Waals surface area (Å²) in [6.07, 6.45) is 6.11. The standard InChI is InChI=1S/C7H11O/c1-2-6(3-1)7-4-5-8-7/h5-7H,1-4H2. The lowest BCUT2D eigenvalue weighted by Crippen LogP contribution is -2.35. The molecule has 0 aromatic heterocycles. The molecule has 2 rings (SSSR count). The van der Waals surface area contributed by atoms with Gasteiger partial charge in [-0.2, -0.15) is 0 Å². The summed E-state index contributed by atoms with van der Waals surface area (Å²) in [4.78, 5) is 0. The first-order valence-electron chi connectivity index (χ1n) is 3.44. The third-order valence-electron chi connectivity index (χ3n) is 2.28. The van der Waals surface area contributed by atoms with Crippen molar-refractivity contribution in [1.29, 1.82) is 0 Å². The van der Waals surface area contributed by atoms with Gasteiger partial charge in [0.1, 0.15) is 0 Å². The van der Waals surface area contributed by atoms with Crippen LogP contribution in [0.3, 0.4) is 0 Å². The zero-order valence-electron chi connectivity index (χ0n) is 4.97. The van der Waals surface area contributed by atoms with Gasteiger partial charge in [0.15, 0.2) is 0 Å². The van der Waals surface area contributed by atoms with Crippen LogP contribution in [0.1, 0.15) is 25.7 Å². The van der Waals surface area contributed by atoms with Crippen molar-refractivity contribution in [3.63, 3.8) is 0 Å². The van der Waals surface area contributed by atoms with Crippen molar-refractivity contribution in [1.82, 2.24) is 0 Å². The molecular formula is C7H11O. The monoisotopic (exact) mass is 111 g/mol. The minimum Gasteiger partial charge on any atom is -0.372 e. The van der Waals surface area contributed by atoms with E-state index in [1.807, 2.05) is 6.61 Å². The number of hydrogen-bond acceptors (Lipinski definition) is 1. The van der Waals surface area contributed by atoms with Gasteiger partial charge >= 0.3 is 0 Å². The lowest BCUT2D eigenvalue weighted by Gasteiger charge is -2.38. The third-order valence-corrected chi connectivity index (χ3v) is 2.28. The summed E-state index contributed by atoms with van der Waals surface area (Å²) in [5, 5.41) is 0. The van der Waals surface area contributed by atoms with Crippen LogP contribution in [0.5, 0.6) is 0 Å². The Morgan fingerprint density at radius 3 is 2.25 bits per heavy atom. The lowest BCUT2D eigenvalue weighted by molar-refractivity contribution is -0.0556. The average Bonchev–Trinajstić information content (AvgIpc) is 1.47. The van der Waals surface area contributed by atoms with E-state index in [0.717, 1.165) is 5.92 Å². The van der Waals surface area contributed by atoms with Crippen molar-refractivity contribution in [3.8, 4) is 0 Å². The lowest BCUT2D eigenvalue weighted by atomic mass is 9.79. The summed E-state index contributed by atoms with van der Waals surface area (Å²) >= 11 is 0. The molecule has 1 radical (unpaired) electrons. The van der Waals surface area contributed by atoms with Crippen molar-refractivity contribution in [2.75, 3.05) is 0 Å². The molecule has 0 bridgehead atoms. The Morgan fingerprint density at radius 2 is 2.12 bits per heavy atom. The topological polar surface area (TPSA) is 9.23 Å². The summed E-state index contributed by atoms with van der Waals surface area (Å²) in [5.74, 6) is 0.931. The van der Waals surface area contributed by atoms with Gasteiger partial charge in [-0.15, -0.1) is 0 Å². The summed E-state index contributed by atoms with van der Waals surface area (Å²) in [7, 11) is 0. The molecule has 0 spiro atoms. The van der Waals surface area contributed by atoms with E-state index in [9.17, 15) is 0 Å². The van der Waals surface area contributed by atoms with Gasteiger partial charge in [-0.05, 0) is 18.8 Å². The molecule has 2 fully saturated rings. The fourth-order valence-electron chi connectivity index (χ4n) is 1.32. The second kappa shape index (κ2) is 1.73. The quantitative estimate of drug-likeness (QED) is 0.500. The Balaban J connectivity index is 1.79. The van der Waals surface area contributed by atoms with Gasteiger partial charge in [-0.25, -0.2) is 0 Å². The maximum atomic E-state index is 5.21. The van der Waals surface area contributed by atoms with Crippen LogP contribution in [0.2, 0.25) is 0 Å². The van der Waals surface area contributed by atoms with Gasteiger partial charge in [0.25, 0.3) is 0 Å². The molecule has 0 amide bonds. The molecule has 1 aliphatic heterocycles. The number of ether oxygens (including phenoxy) is 1.